The maximum atomic E-state index is 13.5. The second kappa shape index (κ2) is 28.7. The topological polar surface area (TPSA) is 207 Å². The van der Waals surface area contributed by atoms with Crippen molar-refractivity contribution in [1.29, 1.82) is 0 Å². The summed E-state index contributed by atoms with van der Waals surface area (Å²) in [4.78, 5) is 90.8. The summed E-state index contributed by atoms with van der Waals surface area (Å²) in [6.07, 6.45) is -10.4. The van der Waals surface area contributed by atoms with Crippen LogP contribution in [0.15, 0.2) is 133 Å². The number of ether oxygens (including phenoxy) is 4. The van der Waals surface area contributed by atoms with Gasteiger partial charge in [-0.1, -0.05) is 36.4 Å². The highest BCUT2D eigenvalue weighted by Crippen LogP contribution is 2.36. The number of aromatic carboxylic acids is 1. The Balaban J connectivity index is 0.000000308. The third kappa shape index (κ3) is 21.1. The second-order valence-corrected chi connectivity index (χ2v) is 22.0. The highest BCUT2D eigenvalue weighted by molar-refractivity contribution is 14.1. The molecule has 6 aromatic carbocycles. The molecule has 4 amide bonds. The zero-order valence-corrected chi connectivity index (χ0v) is 49.1. The van der Waals surface area contributed by atoms with E-state index in [1.807, 2.05) is 24.3 Å². The van der Waals surface area contributed by atoms with Crippen LogP contribution in [0.1, 0.15) is 106 Å². The molecule has 0 heterocycles. The Morgan fingerprint density at radius 1 is 0.488 bits per heavy atom. The number of carboxylic acids is 1. The molecule has 0 spiro atoms. The van der Waals surface area contributed by atoms with Crippen LogP contribution in [-0.4, -0.2) is 95.0 Å². The monoisotopic (exact) mass is 1280 g/mol. The summed E-state index contributed by atoms with van der Waals surface area (Å²) >= 11 is 2.17. The van der Waals surface area contributed by atoms with Gasteiger partial charge in [-0.3, -0.25) is 28.8 Å². The van der Waals surface area contributed by atoms with Gasteiger partial charge in [0.25, 0.3) is 11.8 Å². The van der Waals surface area contributed by atoms with Crippen LogP contribution in [0.4, 0.5) is 37.7 Å². The number of benzene rings is 6. The van der Waals surface area contributed by atoms with E-state index >= 15 is 0 Å². The molecule has 446 valence electrons. The number of alkyl halides is 6. The molecule has 84 heavy (non-hydrogen) atoms. The van der Waals surface area contributed by atoms with Crippen molar-refractivity contribution >= 4 is 75.5 Å². The number of hydrogen-bond donors (Lipinski definition) is 3. The first-order valence-electron chi connectivity index (χ1n) is 25.6. The predicted octanol–water partition coefficient (Wildman–Crippen LogP) is 12.1. The smallest absolute Gasteiger partial charge is 0.416 e. The molecule has 6 rings (SSSR count). The Kier molecular flexibility index (Phi) is 22.6. The number of nitrogens with zero attached hydrogens (tertiary/aromatic N) is 2. The minimum absolute atomic E-state index is 0.00901. The van der Waals surface area contributed by atoms with Crippen LogP contribution in [0.5, 0.6) is 11.5 Å². The van der Waals surface area contributed by atoms with Crippen molar-refractivity contribution in [3.05, 3.63) is 187 Å². The molecule has 0 bridgehead atoms. The number of rotatable bonds is 19. The molecule has 23 heteroatoms. The lowest BCUT2D eigenvalue weighted by molar-refractivity contribution is -0.156. The van der Waals surface area contributed by atoms with Crippen molar-refractivity contribution < 1.29 is 84.0 Å². The number of esters is 2. The maximum Gasteiger partial charge on any atom is 0.416 e. The first kappa shape index (κ1) is 66.3. The van der Waals surface area contributed by atoms with Crippen LogP contribution in [-0.2, 0) is 66.9 Å². The van der Waals surface area contributed by atoms with Crippen molar-refractivity contribution in [3.63, 3.8) is 0 Å². The number of carboxylic acid groups (broad SMARTS) is 1. The van der Waals surface area contributed by atoms with Gasteiger partial charge >= 0.3 is 30.3 Å². The molecule has 16 nitrogen and oxygen atoms in total. The van der Waals surface area contributed by atoms with Crippen LogP contribution in [0.2, 0.25) is 0 Å². The lowest BCUT2D eigenvalue weighted by Gasteiger charge is -2.25. The zero-order valence-electron chi connectivity index (χ0n) is 46.9. The number of carbonyl (C=O) groups excluding carboxylic acids is 6. The number of methoxy groups -OCH3 is 2. The molecule has 3 N–H and O–H groups in total. The van der Waals surface area contributed by atoms with Crippen molar-refractivity contribution in [2.45, 2.75) is 91.0 Å². The molecular weight excluding hydrogens is 1220 g/mol. The summed E-state index contributed by atoms with van der Waals surface area (Å²) < 4.78 is 102. The van der Waals surface area contributed by atoms with Gasteiger partial charge < -0.3 is 44.5 Å². The van der Waals surface area contributed by atoms with Gasteiger partial charge in [0.2, 0.25) is 11.8 Å². The van der Waals surface area contributed by atoms with Gasteiger partial charge in [-0.25, -0.2) is 4.79 Å². The maximum absolute atomic E-state index is 13.5. The second-order valence-electron chi connectivity index (χ2n) is 20.8. The number of amides is 4. The normalized spacial score (nSPS) is 11.5. The lowest BCUT2D eigenvalue weighted by atomic mass is 10.0. The SMILES string of the molecule is COc1ccc(CC(=O)Nc2ccc(C(=O)N(CC(=O)OC(C)(C)C)Cc3ccc(C(=O)O)cc3)cc2)c(C(F)(F)F)c1.COc1ccc(CC(=O)Nc2ccc(C(=O)N(CC(=O)OC(C)(C)C)Cc3ccc(I)cc3)cc2)c(C(F)(F)F)c1. The van der Waals surface area contributed by atoms with Crippen LogP contribution in [0.3, 0.4) is 0 Å². The summed E-state index contributed by atoms with van der Waals surface area (Å²) in [5.74, 6) is -4.61. The van der Waals surface area contributed by atoms with E-state index in [1.54, 1.807) is 41.5 Å². The molecule has 0 aliphatic heterocycles. The number of halogens is 7. The Bertz CT molecular complexity index is 3310. The minimum atomic E-state index is -4.68. The van der Waals surface area contributed by atoms with E-state index in [1.165, 1.54) is 121 Å². The fraction of sp³-hybridized carbons (Fsp3) is 0.295. The highest BCUT2D eigenvalue weighted by Gasteiger charge is 2.36. The Morgan fingerprint density at radius 3 is 1.13 bits per heavy atom. The van der Waals surface area contributed by atoms with Gasteiger partial charge in [-0.2, -0.15) is 26.3 Å². The van der Waals surface area contributed by atoms with Crippen LogP contribution in [0, 0.1) is 3.57 Å². The summed E-state index contributed by atoms with van der Waals surface area (Å²) in [5, 5.41) is 14.2. The summed E-state index contributed by atoms with van der Waals surface area (Å²) in [7, 11) is 2.50. The number of anilines is 2. The van der Waals surface area contributed by atoms with Crippen LogP contribution < -0.4 is 20.1 Å². The molecule has 0 saturated heterocycles. The summed E-state index contributed by atoms with van der Waals surface area (Å²) in [6, 6.07) is 31.6. The molecule has 0 aliphatic carbocycles. The average Bonchev–Trinajstić information content (AvgIpc) is 2.78. The highest BCUT2D eigenvalue weighted by atomic mass is 127. The average molecular weight is 1280 g/mol. The van der Waals surface area contributed by atoms with E-state index in [0.29, 0.717) is 11.3 Å². The number of nitrogens with one attached hydrogen (secondary N) is 2. The van der Waals surface area contributed by atoms with Crippen molar-refractivity contribution in [2.75, 3.05) is 37.9 Å². The Labute approximate surface area is 494 Å². The third-order valence-corrected chi connectivity index (χ3v) is 12.4. The van der Waals surface area contributed by atoms with E-state index in [4.69, 9.17) is 24.1 Å². The molecule has 0 unspecified atom stereocenters. The van der Waals surface area contributed by atoms with Crippen molar-refractivity contribution in [2.24, 2.45) is 0 Å². The molecule has 6 aromatic rings. The number of hydrogen-bond acceptors (Lipinski definition) is 11. The van der Waals surface area contributed by atoms with E-state index < -0.39 is 95.6 Å². The molecule has 0 atom stereocenters. The molecule has 0 aromatic heterocycles. The summed E-state index contributed by atoms with van der Waals surface area (Å²) in [6.45, 7) is 9.75. The minimum Gasteiger partial charge on any atom is -0.497 e. The Morgan fingerprint density at radius 2 is 0.821 bits per heavy atom. The van der Waals surface area contributed by atoms with Crippen LogP contribution in [0.25, 0.3) is 0 Å². The van der Waals surface area contributed by atoms with E-state index in [-0.39, 0.29) is 64.6 Å². The van der Waals surface area contributed by atoms with Crippen LogP contribution >= 0.6 is 22.6 Å². The quantitative estimate of drug-likeness (QED) is 0.0393. The molecule has 0 saturated carbocycles. The fourth-order valence-electron chi connectivity index (χ4n) is 7.96. The standard InChI is InChI=1S/C31H31F3N2O7.C30H30F3IN2O5/c1-30(2,3)43-27(38)18-36(17-19-5-7-21(8-6-19)29(40)41)28(39)20-9-12-23(13-10-20)35-26(37)15-22-11-14-24(42-4)16-25(22)31(32,33)34;1-29(2,3)41-27(38)18-36(17-19-5-10-22(34)11-6-19)28(39)20-7-12-23(13-8-20)35-26(37)15-21-9-14-24(40-4)16-25(21)30(31,32)33/h5-14,16H,15,17-18H2,1-4H3,(H,35,37)(H,40,41);5-14,16H,15,17-18H2,1-4H3,(H,35,37). The summed E-state index contributed by atoms with van der Waals surface area (Å²) in [5.41, 5.74) is -1.46. The first-order chi connectivity index (χ1) is 39.2. The number of carbonyl (C=O) groups is 7. The van der Waals surface area contributed by atoms with E-state index in [0.717, 1.165) is 21.3 Å². The Hall–Kier alpha value is -8.48. The van der Waals surface area contributed by atoms with Gasteiger partial charge in [0.05, 0.1) is 43.8 Å². The fourth-order valence-corrected chi connectivity index (χ4v) is 8.32. The van der Waals surface area contributed by atoms with Gasteiger partial charge in [0, 0.05) is 39.2 Å². The van der Waals surface area contributed by atoms with E-state index in [2.05, 4.69) is 33.2 Å². The van der Waals surface area contributed by atoms with Gasteiger partial charge in [-0.15, -0.1) is 0 Å². The largest absolute Gasteiger partial charge is 0.497 e. The molecule has 0 aliphatic rings. The van der Waals surface area contributed by atoms with Gasteiger partial charge in [-0.05, 0) is 183 Å². The van der Waals surface area contributed by atoms with Gasteiger partial charge in [0.15, 0.2) is 0 Å². The molecular formula is C61H61F6IN4O12. The van der Waals surface area contributed by atoms with Gasteiger partial charge in [0.1, 0.15) is 35.8 Å². The lowest BCUT2D eigenvalue weighted by Crippen LogP contribution is -2.38. The predicted molar refractivity (Wildman–Crippen MR) is 307 cm³/mol. The molecule has 0 radical (unpaired) electrons. The van der Waals surface area contributed by atoms with E-state index in [9.17, 15) is 59.9 Å². The first-order valence-corrected chi connectivity index (χ1v) is 26.6. The van der Waals surface area contributed by atoms with Crippen molar-refractivity contribution in [3.8, 4) is 11.5 Å². The third-order valence-electron chi connectivity index (χ3n) is 11.7. The zero-order chi connectivity index (χ0) is 62.3. The molecule has 0 fully saturated rings. The van der Waals surface area contributed by atoms with Crippen molar-refractivity contribution in [1.82, 2.24) is 9.80 Å².